The summed E-state index contributed by atoms with van der Waals surface area (Å²) in [5, 5.41) is 3.38. The zero-order valence-corrected chi connectivity index (χ0v) is 13.1. The highest BCUT2D eigenvalue weighted by Crippen LogP contribution is 2.21. The van der Waals surface area contributed by atoms with E-state index in [9.17, 15) is 4.79 Å². The Morgan fingerprint density at radius 3 is 2.71 bits per heavy atom. The maximum atomic E-state index is 12.5. The Morgan fingerprint density at radius 1 is 1.10 bits per heavy atom. The van der Waals surface area contributed by atoms with Gasteiger partial charge in [0.05, 0.1) is 13.2 Å². The smallest absolute Gasteiger partial charge is 0.224 e. The lowest BCUT2D eigenvalue weighted by molar-refractivity contribution is -0.132. The minimum atomic E-state index is 0.212. The third-order valence-electron chi connectivity index (χ3n) is 5.13. The summed E-state index contributed by atoms with van der Waals surface area (Å²) in [6.45, 7) is 6.73. The van der Waals surface area contributed by atoms with Crippen LogP contribution in [0.2, 0.25) is 0 Å². The third kappa shape index (κ3) is 4.18. The summed E-state index contributed by atoms with van der Waals surface area (Å²) < 4.78 is 5.44. The molecule has 2 atom stereocenters. The minimum Gasteiger partial charge on any atom is -0.378 e. The monoisotopic (exact) mass is 295 g/mol. The predicted molar refractivity (Wildman–Crippen MR) is 82.3 cm³/mol. The average Bonchev–Trinajstić information content (AvgIpc) is 2.93. The van der Waals surface area contributed by atoms with Gasteiger partial charge in [-0.15, -0.1) is 0 Å². The summed E-state index contributed by atoms with van der Waals surface area (Å²) in [6.07, 6.45) is 6.86. The number of nitrogens with zero attached hydrogens (tertiary/aromatic N) is 2. The van der Waals surface area contributed by atoms with Gasteiger partial charge >= 0.3 is 0 Å². The first kappa shape index (κ1) is 15.3. The standard InChI is InChI=1S/C16H29N3O2/c20-16(12-14-13-21-11-6-17-14)19-9-3-4-15(5-10-19)18-7-1-2-8-18/h14-15,17H,1-13H2. The molecule has 1 N–H and O–H groups in total. The van der Waals surface area contributed by atoms with E-state index in [0.717, 1.165) is 39.1 Å². The maximum absolute atomic E-state index is 12.5. The number of amides is 1. The van der Waals surface area contributed by atoms with Gasteiger partial charge in [-0.05, 0) is 45.2 Å². The van der Waals surface area contributed by atoms with Crippen molar-refractivity contribution in [2.24, 2.45) is 0 Å². The van der Waals surface area contributed by atoms with Crippen molar-refractivity contribution in [1.82, 2.24) is 15.1 Å². The number of morpholine rings is 1. The molecule has 5 heteroatoms. The third-order valence-corrected chi connectivity index (χ3v) is 5.13. The molecule has 3 heterocycles. The second-order valence-corrected chi connectivity index (χ2v) is 6.64. The molecule has 2 unspecified atom stereocenters. The largest absolute Gasteiger partial charge is 0.378 e. The molecule has 21 heavy (non-hydrogen) atoms. The minimum absolute atomic E-state index is 0.212. The van der Waals surface area contributed by atoms with E-state index in [1.165, 1.54) is 32.4 Å². The van der Waals surface area contributed by atoms with E-state index in [0.29, 0.717) is 25.0 Å². The Balaban J connectivity index is 1.46. The van der Waals surface area contributed by atoms with Crippen LogP contribution < -0.4 is 5.32 Å². The number of carbonyl (C=O) groups is 1. The van der Waals surface area contributed by atoms with Gasteiger partial charge in [0.2, 0.25) is 5.91 Å². The summed E-state index contributed by atoms with van der Waals surface area (Å²) in [4.78, 5) is 17.2. The van der Waals surface area contributed by atoms with Gasteiger partial charge in [0.1, 0.15) is 0 Å². The van der Waals surface area contributed by atoms with Gasteiger partial charge in [-0.1, -0.05) is 0 Å². The van der Waals surface area contributed by atoms with Gasteiger partial charge in [0.15, 0.2) is 0 Å². The van der Waals surface area contributed by atoms with Crippen molar-refractivity contribution < 1.29 is 9.53 Å². The molecule has 0 saturated carbocycles. The Bertz CT molecular complexity index is 338. The van der Waals surface area contributed by atoms with Crippen LogP contribution in [0.1, 0.15) is 38.5 Å². The summed E-state index contributed by atoms with van der Waals surface area (Å²) >= 11 is 0. The van der Waals surface area contributed by atoms with E-state index in [-0.39, 0.29) is 6.04 Å². The van der Waals surface area contributed by atoms with Crippen molar-refractivity contribution in [3.05, 3.63) is 0 Å². The van der Waals surface area contributed by atoms with Crippen molar-refractivity contribution in [1.29, 1.82) is 0 Å². The zero-order valence-electron chi connectivity index (χ0n) is 13.1. The molecule has 0 aliphatic carbocycles. The van der Waals surface area contributed by atoms with Crippen molar-refractivity contribution in [2.45, 2.75) is 50.6 Å². The zero-order chi connectivity index (χ0) is 14.5. The summed E-state index contributed by atoms with van der Waals surface area (Å²) in [7, 11) is 0. The lowest BCUT2D eigenvalue weighted by atomic mass is 10.1. The van der Waals surface area contributed by atoms with Crippen molar-refractivity contribution in [2.75, 3.05) is 45.9 Å². The van der Waals surface area contributed by atoms with Crippen molar-refractivity contribution in [3.8, 4) is 0 Å². The van der Waals surface area contributed by atoms with Crippen LogP contribution in [-0.4, -0.2) is 73.7 Å². The lowest BCUT2D eigenvalue weighted by Gasteiger charge is -2.28. The average molecular weight is 295 g/mol. The maximum Gasteiger partial charge on any atom is 0.224 e. The van der Waals surface area contributed by atoms with Crippen molar-refractivity contribution in [3.63, 3.8) is 0 Å². The summed E-state index contributed by atoms with van der Waals surface area (Å²) in [5.74, 6) is 0.306. The van der Waals surface area contributed by atoms with Gasteiger partial charge in [0, 0.05) is 38.1 Å². The number of ether oxygens (including phenoxy) is 1. The van der Waals surface area contributed by atoms with Gasteiger partial charge in [-0.2, -0.15) is 0 Å². The molecule has 0 bridgehead atoms. The molecule has 0 aromatic carbocycles. The second-order valence-electron chi connectivity index (χ2n) is 6.64. The molecular weight excluding hydrogens is 266 g/mol. The van der Waals surface area contributed by atoms with Crippen LogP contribution in [0, 0.1) is 0 Å². The van der Waals surface area contributed by atoms with Gasteiger partial charge in [0.25, 0.3) is 0 Å². The fraction of sp³-hybridized carbons (Fsp3) is 0.938. The number of rotatable bonds is 3. The molecule has 0 spiro atoms. The molecule has 3 rings (SSSR count). The topological polar surface area (TPSA) is 44.8 Å². The molecule has 3 aliphatic heterocycles. The number of nitrogens with one attached hydrogen (secondary N) is 1. The van der Waals surface area contributed by atoms with Gasteiger partial charge in [-0.3, -0.25) is 4.79 Å². The molecular formula is C16H29N3O2. The van der Waals surface area contributed by atoms with Crippen LogP contribution in [0.4, 0.5) is 0 Å². The van der Waals surface area contributed by atoms with Crippen LogP contribution in [0.15, 0.2) is 0 Å². The predicted octanol–water partition coefficient (Wildman–Crippen LogP) is 0.842. The molecule has 120 valence electrons. The molecule has 0 radical (unpaired) electrons. The number of hydrogen-bond donors (Lipinski definition) is 1. The summed E-state index contributed by atoms with van der Waals surface area (Å²) in [6, 6.07) is 0.922. The fourth-order valence-corrected chi connectivity index (χ4v) is 3.89. The van der Waals surface area contributed by atoms with Crippen molar-refractivity contribution >= 4 is 5.91 Å². The summed E-state index contributed by atoms with van der Waals surface area (Å²) in [5.41, 5.74) is 0. The van der Waals surface area contributed by atoms with Crippen LogP contribution in [0.5, 0.6) is 0 Å². The highest BCUT2D eigenvalue weighted by atomic mass is 16.5. The molecule has 3 saturated heterocycles. The Labute approximate surface area is 128 Å². The van der Waals surface area contributed by atoms with E-state index in [1.807, 2.05) is 0 Å². The second kappa shape index (κ2) is 7.56. The Hall–Kier alpha value is -0.650. The van der Waals surface area contributed by atoms with Crippen LogP contribution >= 0.6 is 0 Å². The molecule has 0 aromatic heterocycles. The van der Waals surface area contributed by atoms with E-state index in [2.05, 4.69) is 15.1 Å². The molecule has 0 aromatic rings. The molecule has 5 nitrogen and oxygen atoms in total. The lowest BCUT2D eigenvalue weighted by Crippen LogP contribution is -2.45. The first-order chi connectivity index (χ1) is 10.3. The number of likely N-dealkylation sites (tertiary alicyclic amines) is 2. The SMILES string of the molecule is O=C(CC1COCCN1)N1CCCC(N2CCCC2)CC1. The van der Waals surface area contributed by atoms with Gasteiger partial charge in [-0.25, -0.2) is 0 Å². The number of carbonyl (C=O) groups excluding carboxylic acids is 1. The van der Waals surface area contributed by atoms with E-state index in [4.69, 9.17) is 4.74 Å². The Kier molecular flexibility index (Phi) is 5.49. The normalized spacial score (nSPS) is 32.1. The highest BCUT2D eigenvalue weighted by Gasteiger charge is 2.27. The van der Waals surface area contributed by atoms with Gasteiger partial charge < -0.3 is 19.9 Å². The first-order valence-electron chi connectivity index (χ1n) is 8.66. The highest BCUT2D eigenvalue weighted by molar-refractivity contribution is 5.76. The van der Waals surface area contributed by atoms with Crippen LogP contribution in [-0.2, 0) is 9.53 Å². The molecule has 3 aliphatic rings. The van der Waals surface area contributed by atoms with Crippen LogP contribution in [0.3, 0.4) is 0 Å². The van der Waals surface area contributed by atoms with Crippen LogP contribution in [0.25, 0.3) is 0 Å². The quantitative estimate of drug-likeness (QED) is 0.838. The fourth-order valence-electron chi connectivity index (χ4n) is 3.89. The van der Waals surface area contributed by atoms with E-state index >= 15 is 0 Å². The Morgan fingerprint density at radius 2 is 1.95 bits per heavy atom. The molecule has 3 fully saturated rings. The van der Waals surface area contributed by atoms with E-state index < -0.39 is 0 Å². The molecule has 1 amide bonds. The van der Waals surface area contributed by atoms with E-state index in [1.54, 1.807) is 0 Å². The number of hydrogen-bond acceptors (Lipinski definition) is 4. The first-order valence-corrected chi connectivity index (χ1v) is 8.66.